The molecule has 2 aromatic carbocycles. The van der Waals surface area contributed by atoms with E-state index < -0.39 is 0 Å². The van der Waals surface area contributed by atoms with Crippen molar-refractivity contribution >= 4 is 17.1 Å². The van der Waals surface area contributed by atoms with E-state index in [1.54, 1.807) is 5.57 Å². The summed E-state index contributed by atoms with van der Waals surface area (Å²) in [6.45, 7) is 16.7. The van der Waals surface area contributed by atoms with Gasteiger partial charge in [-0.25, -0.2) is 0 Å². The second kappa shape index (κ2) is 19.1. The topological polar surface area (TPSA) is 6.25 Å². The van der Waals surface area contributed by atoms with Gasteiger partial charge in [0.15, 0.2) is 5.71 Å². The van der Waals surface area contributed by atoms with E-state index in [2.05, 4.69) is 124 Å². The Balaban J connectivity index is 1.21. The van der Waals surface area contributed by atoms with Crippen LogP contribution in [0.3, 0.4) is 0 Å². The van der Waals surface area contributed by atoms with Crippen molar-refractivity contribution in [2.75, 3.05) is 18.0 Å². The van der Waals surface area contributed by atoms with Crippen LogP contribution in [0.15, 0.2) is 95.3 Å². The Morgan fingerprint density at radius 3 is 1.93 bits per heavy atom. The maximum Gasteiger partial charge on any atom is 0.209 e. The first-order valence-corrected chi connectivity index (χ1v) is 22.7. The Labute approximate surface area is 331 Å². The first-order chi connectivity index (χ1) is 26.3. The van der Waals surface area contributed by atoms with Gasteiger partial charge in [0.2, 0.25) is 5.69 Å². The predicted octanol–water partition coefficient (Wildman–Crippen LogP) is 15.0. The van der Waals surface area contributed by atoms with Crippen LogP contribution in [0, 0.1) is 5.92 Å². The van der Waals surface area contributed by atoms with Crippen molar-refractivity contribution in [2.24, 2.45) is 5.92 Å². The van der Waals surface area contributed by atoms with Crippen LogP contribution in [-0.2, 0) is 10.8 Å². The zero-order valence-electron chi connectivity index (χ0n) is 35.5. The molecule has 0 radical (unpaired) electrons. The molecule has 54 heavy (non-hydrogen) atoms. The van der Waals surface area contributed by atoms with Crippen molar-refractivity contribution in [1.82, 2.24) is 0 Å². The van der Waals surface area contributed by atoms with E-state index in [9.17, 15) is 0 Å². The average molecular weight is 728 g/mol. The maximum atomic E-state index is 2.69. The second-order valence-electron chi connectivity index (χ2n) is 18.3. The number of hydrogen-bond donors (Lipinski definition) is 0. The molecule has 2 aliphatic carbocycles. The van der Waals surface area contributed by atoms with Crippen LogP contribution in [-0.4, -0.2) is 23.4 Å². The smallest absolute Gasteiger partial charge is 0.209 e. The van der Waals surface area contributed by atoms with E-state index in [1.165, 1.54) is 173 Å². The van der Waals surface area contributed by atoms with Gasteiger partial charge in [0.25, 0.3) is 0 Å². The number of unbranched alkanes of at least 4 members (excludes halogenated alkanes) is 14. The molecule has 0 bridgehead atoms. The number of benzene rings is 2. The summed E-state index contributed by atoms with van der Waals surface area (Å²) in [4.78, 5) is 2.69. The summed E-state index contributed by atoms with van der Waals surface area (Å²) < 4.78 is 2.69. The molecule has 0 aromatic heterocycles. The van der Waals surface area contributed by atoms with Gasteiger partial charge in [-0.1, -0.05) is 160 Å². The fourth-order valence-corrected chi connectivity index (χ4v) is 10.1. The van der Waals surface area contributed by atoms with Crippen molar-refractivity contribution in [3.05, 3.63) is 106 Å². The summed E-state index contributed by atoms with van der Waals surface area (Å²) in [5.74, 6) is 0.693. The minimum Gasteiger partial charge on any atom is -0.344 e. The highest BCUT2D eigenvalue weighted by Crippen LogP contribution is 2.49. The monoisotopic (exact) mass is 728 g/mol. The molecule has 0 amide bonds. The van der Waals surface area contributed by atoms with Gasteiger partial charge < -0.3 is 4.90 Å². The van der Waals surface area contributed by atoms with E-state index in [0.717, 1.165) is 13.1 Å². The summed E-state index contributed by atoms with van der Waals surface area (Å²) in [5.41, 5.74) is 13.5. The largest absolute Gasteiger partial charge is 0.344 e. The third-order valence-electron chi connectivity index (χ3n) is 13.5. The number of fused-ring (bicyclic) bond motifs is 3. The number of hydrogen-bond acceptors (Lipinski definition) is 1. The van der Waals surface area contributed by atoms with Gasteiger partial charge in [-0.2, -0.15) is 4.58 Å². The molecule has 0 saturated carbocycles. The molecule has 2 aliphatic heterocycles. The summed E-state index contributed by atoms with van der Waals surface area (Å²) in [5, 5.41) is 0. The van der Waals surface area contributed by atoms with E-state index >= 15 is 0 Å². The van der Waals surface area contributed by atoms with Gasteiger partial charge in [0.1, 0.15) is 6.54 Å². The molecule has 2 aromatic rings. The van der Waals surface area contributed by atoms with Gasteiger partial charge in [-0.3, -0.25) is 0 Å². The van der Waals surface area contributed by atoms with Crippen LogP contribution in [0.2, 0.25) is 0 Å². The van der Waals surface area contributed by atoms with Crippen LogP contribution < -0.4 is 4.90 Å². The van der Waals surface area contributed by atoms with Crippen molar-refractivity contribution in [2.45, 2.75) is 181 Å². The Kier molecular flexibility index (Phi) is 14.4. The van der Waals surface area contributed by atoms with Crippen LogP contribution in [0.4, 0.5) is 11.4 Å². The summed E-state index contributed by atoms with van der Waals surface area (Å²) in [6, 6.07) is 18.4. The Morgan fingerprint density at radius 2 is 1.22 bits per heavy atom. The molecule has 292 valence electrons. The zero-order valence-corrected chi connectivity index (χ0v) is 35.5. The van der Waals surface area contributed by atoms with Gasteiger partial charge in [0.05, 0.1) is 5.41 Å². The lowest BCUT2D eigenvalue weighted by Gasteiger charge is -2.31. The number of rotatable bonds is 20. The van der Waals surface area contributed by atoms with E-state index in [0.29, 0.717) is 5.92 Å². The van der Waals surface area contributed by atoms with Gasteiger partial charge in [-0.05, 0) is 92.7 Å². The van der Waals surface area contributed by atoms with Gasteiger partial charge >= 0.3 is 0 Å². The summed E-state index contributed by atoms with van der Waals surface area (Å²) >= 11 is 0. The molecule has 0 saturated heterocycles. The van der Waals surface area contributed by atoms with Crippen molar-refractivity contribution in [3.8, 4) is 0 Å². The fraction of sp³-hybridized carbons (Fsp3) is 0.596. The molecule has 2 nitrogen and oxygen atoms in total. The van der Waals surface area contributed by atoms with Crippen LogP contribution in [0.25, 0.3) is 0 Å². The molecule has 0 N–H and O–H groups in total. The quantitative estimate of drug-likeness (QED) is 0.0972. The van der Waals surface area contributed by atoms with Crippen LogP contribution >= 0.6 is 0 Å². The lowest BCUT2D eigenvalue weighted by molar-refractivity contribution is -0.438. The Morgan fingerprint density at radius 1 is 0.630 bits per heavy atom. The van der Waals surface area contributed by atoms with E-state index in [-0.39, 0.29) is 10.8 Å². The molecular weight excluding hydrogens is 653 g/mol. The van der Waals surface area contributed by atoms with E-state index in [1.807, 2.05) is 0 Å². The molecule has 6 rings (SSSR count). The molecule has 1 atom stereocenters. The standard InChI is InChI=1S/C52H75N2/c1-7-9-11-13-15-17-19-25-35-53-47-29-23-21-27-45(47)51(3,4)49(53)39-41-31-33-43-34-32-42(38-44(43)37-41)40-50-52(5,6)46-28-22-24-30-48(46)54(50)36-26-20-18-16-14-12-10-8-2/h21-24,27-30,37-40,43H,7-20,25-26,31-36H2,1-6H3/q+1. The Hall–Kier alpha value is -3.13. The molecule has 4 aliphatic rings. The Bertz CT molecular complexity index is 1710. The highest BCUT2D eigenvalue weighted by molar-refractivity contribution is 6.03. The number of nitrogens with zero attached hydrogens (tertiary/aromatic N) is 2. The maximum absolute atomic E-state index is 2.69. The lowest BCUT2D eigenvalue weighted by atomic mass is 9.75. The molecular formula is C52H75N2+. The van der Waals surface area contributed by atoms with Gasteiger partial charge in [0, 0.05) is 47.5 Å². The summed E-state index contributed by atoms with van der Waals surface area (Å²) in [7, 11) is 0. The van der Waals surface area contributed by atoms with Crippen LogP contribution in [0.5, 0.6) is 0 Å². The number of para-hydroxylation sites is 2. The third-order valence-corrected chi connectivity index (χ3v) is 13.5. The number of anilines is 1. The minimum absolute atomic E-state index is 0.0126. The van der Waals surface area contributed by atoms with Gasteiger partial charge in [-0.15, -0.1) is 0 Å². The first-order valence-electron chi connectivity index (χ1n) is 22.7. The SMILES string of the molecule is CCCCCCCCCCN1C(=CC2=CC3=CC(=CC4=[N+](CCCCCCCCCC)c5ccccc5C4(C)C)CCC3CC2)C(C)(C)c2ccccc21. The molecule has 2 heterocycles. The lowest BCUT2D eigenvalue weighted by Crippen LogP contribution is -2.28. The number of allylic oxidation sites excluding steroid dienone is 8. The summed E-state index contributed by atoms with van der Waals surface area (Å²) in [6.07, 6.45) is 37.2. The average Bonchev–Trinajstić information content (AvgIpc) is 3.52. The van der Waals surface area contributed by atoms with Crippen molar-refractivity contribution in [3.63, 3.8) is 0 Å². The minimum atomic E-state index is 0.0126. The normalized spacial score (nSPS) is 21.4. The molecule has 1 unspecified atom stereocenters. The van der Waals surface area contributed by atoms with Crippen LogP contribution in [0.1, 0.15) is 181 Å². The second-order valence-corrected chi connectivity index (χ2v) is 18.3. The van der Waals surface area contributed by atoms with Crippen molar-refractivity contribution < 1.29 is 4.58 Å². The highest BCUT2D eigenvalue weighted by atomic mass is 15.2. The molecule has 0 spiro atoms. The fourth-order valence-electron chi connectivity index (χ4n) is 10.1. The zero-order chi connectivity index (χ0) is 38.0. The van der Waals surface area contributed by atoms with Crippen molar-refractivity contribution in [1.29, 1.82) is 0 Å². The first kappa shape index (κ1) is 40.5. The predicted molar refractivity (Wildman–Crippen MR) is 236 cm³/mol. The third kappa shape index (κ3) is 9.45. The van der Waals surface area contributed by atoms with E-state index in [4.69, 9.17) is 0 Å². The highest BCUT2D eigenvalue weighted by Gasteiger charge is 2.44. The molecule has 0 fully saturated rings. The molecule has 2 heteroatoms.